The second kappa shape index (κ2) is 6.50. The number of esters is 1. The average molecular weight is 411 g/mol. The number of fused-ring (bicyclic) bond motifs is 2. The van der Waals surface area contributed by atoms with E-state index in [2.05, 4.69) is 19.8 Å². The number of carbonyl (C=O) groups excluding carboxylic acids is 1. The molecule has 150 valence electrons. The summed E-state index contributed by atoms with van der Waals surface area (Å²) in [7, 11) is 1.11. The Morgan fingerprint density at radius 1 is 1.17 bits per heavy atom. The van der Waals surface area contributed by atoms with E-state index in [1.165, 1.54) is 0 Å². The Balaban J connectivity index is 1.99. The fourth-order valence-corrected chi connectivity index (χ4v) is 2.95. The van der Waals surface area contributed by atoms with Gasteiger partial charge in [-0.25, -0.2) is 23.5 Å². The predicted octanol–water partition coefficient (Wildman–Crippen LogP) is 3.37. The van der Waals surface area contributed by atoms with Gasteiger partial charge in [-0.15, -0.1) is 0 Å². The Morgan fingerprint density at radius 2 is 1.93 bits per heavy atom. The molecule has 0 aliphatic rings. The van der Waals surface area contributed by atoms with Crippen molar-refractivity contribution in [1.29, 1.82) is 0 Å². The normalized spacial score (nSPS) is 12.1. The Kier molecular flexibility index (Phi) is 4.21. The zero-order valence-corrected chi connectivity index (χ0v) is 14.5. The lowest BCUT2D eigenvalue weighted by Crippen LogP contribution is -2.18. The quantitative estimate of drug-likeness (QED) is 0.382. The number of alkyl halides is 3. The van der Waals surface area contributed by atoms with Crippen LogP contribution in [0.25, 0.3) is 27.9 Å². The number of imidazole rings is 1. The minimum Gasteiger partial charge on any atom is -0.464 e. The molecule has 0 atom stereocenters. The Bertz CT molecular complexity index is 1260. The highest BCUT2D eigenvalue weighted by Gasteiger charge is 2.31. The second-order valence-electron chi connectivity index (χ2n) is 6.04. The van der Waals surface area contributed by atoms with Gasteiger partial charge in [-0.1, -0.05) is 0 Å². The smallest absolute Gasteiger partial charge is 0.408 e. The number of nitrogens with zero attached hydrogens (tertiary/aromatic N) is 5. The zero-order valence-electron chi connectivity index (χ0n) is 14.5. The lowest BCUT2D eigenvalue weighted by atomic mass is 10.2. The first kappa shape index (κ1) is 18.8. The monoisotopic (exact) mass is 411 g/mol. The summed E-state index contributed by atoms with van der Waals surface area (Å²) in [6, 6.07) is 1.74. The predicted molar refractivity (Wildman–Crippen MR) is 89.0 cm³/mol. The number of carbonyl (C=O) groups is 1. The molecule has 4 rings (SSSR count). The van der Waals surface area contributed by atoms with Gasteiger partial charge in [0.25, 0.3) is 0 Å². The summed E-state index contributed by atoms with van der Waals surface area (Å²) < 4.78 is 72.9. The first-order chi connectivity index (χ1) is 13.7. The van der Waals surface area contributed by atoms with E-state index in [1.807, 2.05) is 0 Å². The number of rotatable bonds is 3. The molecule has 0 aliphatic carbocycles. The summed E-state index contributed by atoms with van der Waals surface area (Å²) in [6.45, 7) is -1.45. The van der Waals surface area contributed by atoms with E-state index in [-0.39, 0.29) is 33.6 Å². The van der Waals surface area contributed by atoms with Crippen LogP contribution in [0.2, 0.25) is 0 Å². The van der Waals surface area contributed by atoms with E-state index < -0.39 is 30.3 Å². The molecule has 7 nitrogen and oxygen atoms in total. The van der Waals surface area contributed by atoms with Gasteiger partial charge in [-0.3, -0.25) is 9.08 Å². The van der Waals surface area contributed by atoms with Crippen molar-refractivity contribution in [2.45, 2.75) is 12.7 Å². The number of pyridine rings is 2. The minimum absolute atomic E-state index is 0.0364. The van der Waals surface area contributed by atoms with Crippen molar-refractivity contribution in [3.8, 4) is 11.4 Å². The molecule has 0 radical (unpaired) electrons. The van der Waals surface area contributed by atoms with Crippen molar-refractivity contribution in [3.05, 3.63) is 48.1 Å². The maximum atomic E-state index is 13.9. The first-order valence-corrected chi connectivity index (χ1v) is 8.02. The van der Waals surface area contributed by atoms with Crippen LogP contribution in [0.5, 0.6) is 0 Å². The fraction of sp³-hybridized carbons (Fsp3) is 0.176. The summed E-state index contributed by atoms with van der Waals surface area (Å²) in [4.78, 5) is 19.4. The maximum absolute atomic E-state index is 13.9. The number of hydrogen-bond donors (Lipinski definition) is 0. The summed E-state index contributed by atoms with van der Waals surface area (Å²) >= 11 is 0. The summed E-state index contributed by atoms with van der Waals surface area (Å²) in [5.74, 6) is -2.69. The molecule has 0 spiro atoms. The summed E-state index contributed by atoms with van der Waals surface area (Å²) in [5, 5.41) is 4.08. The van der Waals surface area contributed by atoms with Crippen LogP contribution in [0.1, 0.15) is 10.5 Å². The van der Waals surface area contributed by atoms with Crippen molar-refractivity contribution in [1.82, 2.24) is 24.1 Å². The van der Waals surface area contributed by atoms with Gasteiger partial charge in [-0.05, 0) is 6.07 Å². The Morgan fingerprint density at radius 3 is 2.62 bits per heavy atom. The van der Waals surface area contributed by atoms with Crippen LogP contribution in [-0.4, -0.2) is 43.4 Å². The van der Waals surface area contributed by atoms with Crippen LogP contribution in [0.4, 0.5) is 22.0 Å². The zero-order chi connectivity index (χ0) is 20.9. The Hall–Kier alpha value is -3.57. The molecule has 0 N–H and O–H groups in total. The first-order valence-electron chi connectivity index (χ1n) is 8.02. The highest BCUT2D eigenvalue weighted by Crippen LogP contribution is 2.31. The third-order valence-electron chi connectivity index (χ3n) is 4.13. The molecule has 29 heavy (non-hydrogen) atoms. The third kappa shape index (κ3) is 3.26. The molecule has 12 heteroatoms. The van der Waals surface area contributed by atoms with Crippen molar-refractivity contribution < 1.29 is 31.5 Å². The third-order valence-corrected chi connectivity index (χ3v) is 4.13. The molecular formula is C17H10F5N5O2. The van der Waals surface area contributed by atoms with Crippen molar-refractivity contribution in [2.24, 2.45) is 0 Å². The van der Waals surface area contributed by atoms with E-state index in [0.29, 0.717) is 10.7 Å². The van der Waals surface area contributed by atoms with E-state index in [1.54, 1.807) is 0 Å². The van der Waals surface area contributed by atoms with Gasteiger partial charge in [0.15, 0.2) is 17.2 Å². The number of hydrogen-bond acceptors (Lipinski definition) is 5. The second-order valence-corrected chi connectivity index (χ2v) is 6.04. The molecule has 0 amide bonds. The van der Waals surface area contributed by atoms with Gasteiger partial charge in [0.05, 0.1) is 24.5 Å². The Labute approximate surface area is 158 Å². The molecular weight excluding hydrogens is 401 g/mol. The maximum Gasteiger partial charge on any atom is 0.408 e. The topological polar surface area (TPSA) is 74.3 Å². The lowest BCUT2D eigenvalue weighted by molar-refractivity contribution is -0.141. The van der Waals surface area contributed by atoms with Gasteiger partial charge in [0, 0.05) is 23.8 Å². The summed E-state index contributed by atoms with van der Waals surface area (Å²) in [6.07, 6.45) is -1.37. The van der Waals surface area contributed by atoms with E-state index in [0.717, 1.165) is 36.2 Å². The molecule has 0 saturated carbocycles. The highest BCUT2D eigenvalue weighted by molar-refractivity contribution is 5.97. The molecule has 0 aromatic carbocycles. The van der Waals surface area contributed by atoms with Gasteiger partial charge >= 0.3 is 12.1 Å². The molecule has 0 bridgehead atoms. The summed E-state index contributed by atoms with van der Waals surface area (Å²) in [5.41, 5.74) is -0.480. The number of methoxy groups -OCH3 is 1. The fourth-order valence-electron chi connectivity index (χ4n) is 2.95. The molecule has 4 aromatic heterocycles. The van der Waals surface area contributed by atoms with Gasteiger partial charge in [-0.2, -0.15) is 18.3 Å². The minimum atomic E-state index is -4.61. The SMILES string of the molecule is COC(=O)c1cc2c(cn1)c(-c1cnc3c(F)cc(F)cn13)nn2CC(F)(F)F. The molecule has 0 saturated heterocycles. The van der Waals surface area contributed by atoms with Gasteiger partial charge < -0.3 is 4.74 Å². The van der Waals surface area contributed by atoms with Crippen LogP contribution in [0.3, 0.4) is 0 Å². The highest BCUT2D eigenvalue weighted by atomic mass is 19.4. The van der Waals surface area contributed by atoms with Crippen molar-refractivity contribution in [3.63, 3.8) is 0 Å². The van der Waals surface area contributed by atoms with Crippen molar-refractivity contribution in [2.75, 3.05) is 7.11 Å². The van der Waals surface area contributed by atoms with Crippen LogP contribution in [0.15, 0.2) is 30.7 Å². The number of halogens is 5. The molecule has 0 unspecified atom stereocenters. The van der Waals surface area contributed by atoms with Crippen LogP contribution in [0, 0.1) is 11.6 Å². The number of aromatic nitrogens is 5. The van der Waals surface area contributed by atoms with Crippen LogP contribution < -0.4 is 0 Å². The largest absolute Gasteiger partial charge is 0.464 e. The standard InChI is InChI=1S/C17H10F5N5O2/c1-29-16(28)11-3-12-9(4-23-11)14(25-27(12)7-17(20,21)22)13-5-24-15-10(19)2-8(18)6-26(13)15/h2-6H,7H2,1H3. The van der Waals surface area contributed by atoms with Crippen molar-refractivity contribution >= 4 is 22.5 Å². The molecule has 0 aliphatic heterocycles. The van der Waals surface area contributed by atoms with E-state index >= 15 is 0 Å². The molecule has 0 fully saturated rings. The average Bonchev–Trinajstić information content (AvgIpc) is 3.21. The lowest BCUT2D eigenvalue weighted by Gasteiger charge is -2.07. The number of ether oxygens (including phenoxy) is 1. The van der Waals surface area contributed by atoms with Gasteiger partial charge in [0.1, 0.15) is 18.1 Å². The van der Waals surface area contributed by atoms with Crippen LogP contribution >= 0.6 is 0 Å². The van der Waals surface area contributed by atoms with Crippen LogP contribution in [-0.2, 0) is 11.3 Å². The van der Waals surface area contributed by atoms with Gasteiger partial charge in [0.2, 0.25) is 0 Å². The molecule has 4 aromatic rings. The van der Waals surface area contributed by atoms with E-state index in [4.69, 9.17) is 0 Å². The van der Waals surface area contributed by atoms with E-state index in [9.17, 15) is 26.7 Å². The molecule has 4 heterocycles.